The molecule has 0 radical (unpaired) electrons. The van der Waals surface area contributed by atoms with Crippen LogP contribution in [0, 0.1) is 0 Å². The van der Waals surface area contributed by atoms with Gasteiger partial charge in [0.15, 0.2) is 9.84 Å². The van der Waals surface area contributed by atoms with Crippen molar-refractivity contribution in [2.45, 2.75) is 18.8 Å². The second kappa shape index (κ2) is 7.60. The van der Waals surface area contributed by atoms with Crippen molar-refractivity contribution in [3.63, 3.8) is 0 Å². The van der Waals surface area contributed by atoms with E-state index in [9.17, 15) is 13.2 Å². The summed E-state index contributed by atoms with van der Waals surface area (Å²) in [5.74, 6) is -0.0637. The fourth-order valence-electron chi connectivity index (χ4n) is 2.33. The van der Waals surface area contributed by atoms with Gasteiger partial charge in [-0.1, -0.05) is 30.3 Å². The Hall–Kier alpha value is -1.60. The third kappa shape index (κ3) is 5.31. The average molecular weight is 326 g/mol. The van der Waals surface area contributed by atoms with Crippen molar-refractivity contribution in [2.24, 2.45) is 0 Å². The number of carbonyl (C=O) groups is 1. The summed E-state index contributed by atoms with van der Waals surface area (Å²) in [6.07, 6.45) is 0.0151. The van der Waals surface area contributed by atoms with Crippen LogP contribution in [0.5, 0.6) is 0 Å². The number of nitrogens with zero attached hydrogens (tertiary/aromatic N) is 1. The van der Waals surface area contributed by atoms with Gasteiger partial charge >= 0.3 is 6.03 Å². The summed E-state index contributed by atoms with van der Waals surface area (Å²) in [5, 5.41) is 2.67. The van der Waals surface area contributed by atoms with E-state index in [1.54, 1.807) is 17.0 Å². The molecule has 2 amide bonds. The maximum atomic E-state index is 12.0. The zero-order chi connectivity index (χ0) is 16.0. The topological polar surface area (TPSA) is 75.7 Å². The lowest BCUT2D eigenvalue weighted by Crippen LogP contribution is -2.49. The Labute approximate surface area is 131 Å². The highest BCUT2D eigenvalue weighted by molar-refractivity contribution is 7.90. The number of ether oxygens (including phenoxy) is 1. The fraction of sp³-hybridized carbons (Fsp3) is 0.533. The molecule has 1 saturated heterocycles. The number of hydrogen-bond acceptors (Lipinski definition) is 4. The molecule has 1 aliphatic rings. The molecule has 0 aromatic heterocycles. The fourth-order valence-corrected chi connectivity index (χ4v) is 3.59. The predicted molar refractivity (Wildman–Crippen MR) is 84.3 cm³/mol. The van der Waals surface area contributed by atoms with Crippen molar-refractivity contribution in [2.75, 3.05) is 32.0 Å². The van der Waals surface area contributed by atoms with Crippen LogP contribution in [0.1, 0.15) is 12.5 Å². The first-order valence-corrected chi connectivity index (χ1v) is 9.17. The normalized spacial score (nSPS) is 19.0. The molecule has 1 N–H and O–H groups in total. The summed E-state index contributed by atoms with van der Waals surface area (Å²) in [4.78, 5) is 13.6. The minimum absolute atomic E-state index is 0.00169. The molecule has 1 heterocycles. The molecular formula is C15H22N2O4S. The molecule has 1 atom stereocenters. The Morgan fingerprint density at radius 1 is 1.36 bits per heavy atom. The van der Waals surface area contributed by atoms with E-state index in [1.165, 1.54) is 0 Å². The number of nitrogens with one attached hydrogen (secondary N) is 1. The molecule has 7 heteroatoms. The van der Waals surface area contributed by atoms with Crippen molar-refractivity contribution in [1.29, 1.82) is 0 Å². The summed E-state index contributed by atoms with van der Waals surface area (Å²) >= 11 is 0. The minimum Gasteiger partial charge on any atom is -0.375 e. The van der Waals surface area contributed by atoms with E-state index < -0.39 is 9.84 Å². The molecule has 2 rings (SSSR count). The monoisotopic (exact) mass is 326 g/mol. The third-order valence-corrected chi connectivity index (χ3v) is 5.05. The van der Waals surface area contributed by atoms with Crippen LogP contribution in [-0.4, -0.2) is 57.4 Å². The number of carbonyl (C=O) groups excluding carboxylic acids is 1. The lowest BCUT2D eigenvalue weighted by atomic mass is 10.2. The number of urea groups is 1. The van der Waals surface area contributed by atoms with Gasteiger partial charge in [-0.2, -0.15) is 0 Å². The van der Waals surface area contributed by atoms with E-state index in [0.29, 0.717) is 19.7 Å². The Balaban J connectivity index is 1.76. The van der Waals surface area contributed by atoms with Crippen LogP contribution in [0.25, 0.3) is 0 Å². The van der Waals surface area contributed by atoms with Gasteiger partial charge in [-0.05, 0) is 12.5 Å². The van der Waals surface area contributed by atoms with Gasteiger partial charge in [-0.25, -0.2) is 13.2 Å². The van der Waals surface area contributed by atoms with E-state index in [-0.39, 0.29) is 30.2 Å². The number of amides is 2. The van der Waals surface area contributed by atoms with E-state index in [2.05, 4.69) is 5.32 Å². The molecule has 0 bridgehead atoms. The van der Waals surface area contributed by atoms with Gasteiger partial charge in [-0.15, -0.1) is 0 Å². The summed E-state index contributed by atoms with van der Waals surface area (Å²) in [6.45, 7) is 3.61. The Bertz CT molecular complexity index is 589. The van der Waals surface area contributed by atoms with Crippen LogP contribution < -0.4 is 5.32 Å². The maximum Gasteiger partial charge on any atom is 0.317 e. The quantitative estimate of drug-likeness (QED) is 0.877. The zero-order valence-corrected chi connectivity index (χ0v) is 13.5. The van der Waals surface area contributed by atoms with Crippen molar-refractivity contribution in [3.05, 3.63) is 35.9 Å². The molecule has 1 aliphatic heterocycles. The van der Waals surface area contributed by atoms with Gasteiger partial charge in [0.2, 0.25) is 0 Å². The van der Waals surface area contributed by atoms with E-state index >= 15 is 0 Å². The molecule has 22 heavy (non-hydrogen) atoms. The van der Waals surface area contributed by atoms with E-state index in [1.807, 2.05) is 25.1 Å². The summed E-state index contributed by atoms with van der Waals surface area (Å²) in [7, 11) is -3.23. The standard InChI is InChI=1S/C15H22N2O4S/c1-13-11-17(8-9-21-13)15(18)16-7-10-22(19,20)12-14-5-3-2-4-6-14/h2-6,13H,7-12H2,1H3,(H,16,18)/t13-/m0/s1. The van der Waals surface area contributed by atoms with Crippen LogP contribution >= 0.6 is 0 Å². The van der Waals surface area contributed by atoms with E-state index in [4.69, 9.17) is 4.74 Å². The van der Waals surface area contributed by atoms with Crippen LogP contribution in [0.4, 0.5) is 4.79 Å². The van der Waals surface area contributed by atoms with Gasteiger partial charge in [0.25, 0.3) is 0 Å². The zero-order valence-electron chi connectivity index (χ0n) is 12.7. The number of morpholine rings is 1. The van der Waals surface area contributed by atoms with Crippen LogP contribution in [-0.2, 0) is 20.3 Å². The van der Waals surface area contributed by atoms with E-state index in [0.717, 1.165) is 5.56 Å². The molecule has 0 aliphatic carbocycles. The lowest BCUT2D eigenvalue weighted by molar-refractivity contribution is -0.00338. The predicted octanol–water partition coefficient (Wildman–Crippen LogP) is 1.03. The molecule has 0 spiro atoms. The van der Waals surface area contributed by atoms with Gasteiger partial charge in [0, 0.05) is 19.6 Å². The molecule has 1 aromatic rings. The minimum atomic E-state index is -3.23. The second-order valence-corrected chi connectivity index (χ2v) is 7.62. The number of rotatable bonds is 5. The van der Waals surface area contributed by atoms with Crippen LogP contribution in [0.15, 0.2) is 30.3 Å². The number of benzene rings is 1. The van der Waals surface area contributed by atoms with Gasteiger partial charge < -0.3 is 15.0 Å². The number of hydrogen-bond donors (Lipinski definition) is 1. The highest BCUT2D eigenvalue weighted by Crippen LogP contribution is 2.06. The first-order valence-electron chi connectivity index (χ1n) is 7.35. The third-order valence-electron chi connectivity index (χ3n) is 3.45. The van der Waals surface area contributed by atoms with Crippen molar-refractivity contribution in [3.8, 4) is 0 Å². The largest absolute Gasteiger partial charge is 0.375 e. The Kier molecular flexibility index (Phi) is 5.79. The molecular weight excluding hydrogens is 304 g/mol. The average Bonchev–Trinajstić information content (AvgIpc) is 2.47. The summed E-state index contributed by atoms with van der Waals surface area (Å²) < 4.78 is 29.4. The first-order chi connectivity index (χ1) is 10.5. The van der Waals surface area contributed by atoms with Gasteiger partial charge in [0.05, 0.1) is 24.2 Å². The maximum absolute atomic E-state index is 12.0. The van der Waals surface area contributed by atoms with Gasteiger partial charge in [0.1, 0.15) is 0 Å². The second-order valence-electron chi connectivity index (χ2n) is 5.44. The molecule has 0 saturated carbocycles. The molecule has 0 unspecified atom stereocenters. The van der Waals surface area contributed by atoms with Crippen LogP contribution in [0.2, 0.25) is 0 Å². The Morgan fingerprint density at radius 2 is 2.09 bits per heavy atom. The van der Waals surface area contributed by atoms with Crippen molar-refractivity contribution < 1.29 is 17.9 Å². The molecule has 1 aromatic carbocycles. The number of sulfone groups is 1. The van der Waals surface area contributed by atoms with Gasteiger partial charge in [-0.3, -0.25) is 0 Å². The van der Waals surface area contributed by atoms with Crippen molar-refractivity contribution >= 4 is 15.9 Å². The first kappa shape index (κ1) is 16.8. The smallest absolute Gasteiger partial charge is 0.317 e. The highest BCUT2D eigenvalue weighted by Gasteiger charge is 2.21. The highest BCUT2D eigenvalue weighted by atomic mass is 32.2. The summed E-state index contributed by atoms with van der Waals surface area (Å²) in [5.41, 5.74) is 0.760. The SMILES string of the molecule is C[C@H]1CN(C(=O)NCCS(=O)(=O)Cc2ccccc2)CCO1. The Morgan fingerprint density at radius 3 is 2.77 bits per heavy atom. The summed E-state index contributed by atoms with van der Waals surface area (Å²) in [6, 6.07) is 8.80. The molecule has 6 nitrogen and oxygen atoms in total. The van der Waals surface area contributed by atoms with Crippen molar-refractivity contribution in [1.82, 2.24) is 10.2 Å². The molecule has 122 valence electrons. The molecule has 1 fully saturated rings. The lowest BCUT2D eigenvalue weighted by Gasteiger charge is -2.31. The van der Waals surface area contributed by atoms with Crippen LogP contribution in [0.3, 0.4) is 0 Å².